The van der Waals surface area contributed by atoms with Crippen molar-refractivity contribution in [3.8, 4) is 17.0 Å². The summed E-state index contributed by atoms with van der Waals surface area (Å²) in [5.41, 5.74) is 9.08. The lowest BCUT2D eigenvalue weighted by atomic mass is 10.0. The van der Waals surface area contributed by atoms with E-state index in [1.54, 1.807) is 7.11 Å². The third-order valence-electron chi connectivity index (χ3n) is 3.42. The minimum absolute atomic E-state index is 0.525. The lowest BCUT2D eigenvalue weighted by Gasteiger charge is -2.13. The molecule has 3 rings (SSSR count). The third-order valence-corrected chi connectivity index (χ3v) is 3.42. The summed E-state index contributed by atoms with van der Waals surface area (Å²) in [5, 5.41) is 1.90. The number of aryl methyl sites for hydroxylation is 1. The maximum absolute atomic E-state index is 6.08. The Bertz CT molecular complexity index is 764. The van der Waals surface area contributed by atoms with Crippen molar-refractivity contribution in [3.05, 3.63) is 54.1 Å². The van der Waals surface area contributed by atoms with Crippen molar-refractivity contribution in [1.82, 2.24) is 4.98 Å². The molecule has 0 saturated heterocycles. The number of anilines is 1. The molecule has 1 aromatic heterocycles. The van der Waals surface area contributed by atoms with E-state index in [4.69, 9.17) is 10.5 Å². The molecule has 0 aliphatic carbocycles. The van der Waals surface area contributed by atoms with Gasteiger partial charge in [-0.25, -0.2) is 4.98 Å². The zero-order valence-electron chi connectivity index (χ0n) is 11.6. The Labute approximate surface area is 118 Å². The van der Waals surface area contributed by atoms with Gasteiger partial charge in [-0.05, 0) is 6.92 Å². The molecule has 3 nitrogen and oxygen atoms in total. The van der Waals surface area contributed by atoms with Crippen molar-refractivity contribution in [2.75, 3.05) is 12.8 Å². The first-order chi connectivity index (χ1) is 9.70. The number of ether oxygens (including phenoxy) is 1. The van der Waals surface area contributed by atoms with Gasteiger partial charge in [-0.15, -0.1) is 0 Å². The number of nitrogens with two attached hydrogens (primary N) is 1. The lowest BCUT2D eigenvalue weighted by Crippen LogP contribution is -1.98. The van der Waals surface area contributed by atoms with Crippen LogP contribution in [0.25, 0.3) is 22.0 Å². The third kappa shape index (κ3) is 1.97. The Hall–Kier alpha value is -2.55. The number of fused-ring (bicyclic) bond motifs is 1. The summed E-state index contributed by atoms with van der Waals surface area (Å²) in [6, 6.07) is 16.1. The molecule has 0 fully saturated rings. The van der Waals surface area contributed by atoms with E-state index in [0.29, 0.717) is 5.82 Å². The highest BCUT2D eigenvalue weighted by atomic mass is 16.5. The second kappa shape index (κ2) is 4.85. The van der Waals surface area contributed by atoms with Gasteiger partial charge in [0.15, 0.2) is 5.75 Å². The molecule has 3 aromatic rings. The van der Waals surface area contributed by atoms with Crippen LogP contribution < -0.4 is 10.5 Å². The first-order valence-electron chi connectivity index (χ1n) is 6.50. The zero-order valence-corrected chi connectivity index (χ0v) is 11.6. The molecular formula is C17H16N2O. The zero-order chi connectivity index (χ0) is 14.1. The van der Waals surface area contributed by atoms with Crippen molar-refractivity contribution >= 4 is 16.6 Å². The Morgan fingerprint density at radius 2 is 1.60 bits per heavy atom. The molecule has 0 spiro atoms. The van der Waals surface area contributed by atoms with E-state index < -0.39 is 0 Å². The number of nitrogens with zero attached hydrogens (tertiary/aromatic N) is 1. The normalized spacial score (nSPS) is 10.7. The average Bonchev–Trinajstić information content (AvgIpc) is 2.48. The van der Waals surface area contributed by atoms with Crippen LogP contribution in [0.4, 0.5) is 5.82 Å². The highest BCUT2D eigenvalue weighted by molar-refractivity contribution is 5.99. The fourth-order valence-corrected chi connectivity index (χ4v) is 2.38. The number of pyridine rings is 1. The summed E-state index contributed by atoms with van der Waals surface area (Å²) in [6.07, 6.45) is 0. The smallest absolute Gasteiger partial charge is 0.153 e. The van der Waals surface area contributed by atoms with Crippen LogP contribution in [0.2, 0.25) is 0 Å². The minimum Gasteiger partial charge on any atom is -0.494 e. The van der Waals surface area contributed by atoms with Crippen LogP contribution in [-0.4, -0.2) is 12.1 Å². The second-order valence-electron chi connectivity index (χ2n) is 4.79. The Morgan fingerprint density at radius 1 is 0.950 bits per heavy atom. The van der Waals surface area contributed by atoms with E-state index in [0.717, 1.165) is 27.8 Å². The Morgan fingerprint density at radius 3 is 2.25 bits per heavy atom. The summed E-state index contributed by atoms with van der Waals surface area (Å²) in [4.78, 5) is 4.52. The molecule has 0 amide bonds. The van der Waals surface area contributed by atoms with E-state index in [1.807, 2.05) is 36.4 Å². The molecule has 0 bridgehead atoms. The maximum atomic E-state index is 6.08. The number of hydrogen-bond donors (Lipinski definition) is 1. The number of nitrogen functional groups attached to an aromatic ring is 1. The molecule has 2 aromatic carbocycles. The molecule has 1 heterocycles. The number of hydrogen-bond acceptors (Lipinski definition) is 3. The van der Waals surface area contributed by atoms with E-state index in [9.17, 15) is 0 Å². The molecule has 0 radical (unpaired) electrons. The SMILES string of the molecule is COc1c(-c2ccc(C)cc2)nc(N)c2ccccc12. The maximum Gasteiger partial charge on any atom is 0.153 e. The highest BCUT2D eigenvalue weighted by Crippen LogP contribution is 2.37. The van der Waals surface area contributed by atoms with Crippen molar-refractivity contribution in [1.29, 1.82) is 0 Å². The first kappa shape index (κ1) is 12.5. The first-order valence-corrected chi connectivity index (χ1v) is 6.50. The van der Waals surface area contributed by atoms with Gasteiger partial charge in [0.05, 0.1) is 7.11 Å². The fraction of sp³-hybridized carbons (Fsp3) is 0.118. The fourth-order valence-electron chi connectivity index (χ4n) is 2.38. The second-order valence-corrected chi connectivity index (χ2v) is 4.79. The van der Waals surface area contributed by atoms with Crippen LogP contribution >= 0.6 is 0 Å². The van der Waals surface area contributed by atoms with Crippen LogP contribution in [0.1, 0.15) is 5.56 Å². The number of benzene rings is 2. The summed E-state index contributed by atoms with van der Waals surface area (Å²) in [7, 11) is 1.66. The summed E-state index contributed by atoms with van der Waals surface area (Å²) < 4.78 is 5.58. The van der Waals surface area contributed by atoms with Gasteiger partial charge >= 0.3 is 0 Å². The van der Waals surface area contributed by atoms with Gasteiger partial charge in [-0.3, -0.25) is 0 Å². The van der Waals surface area contributed by atoms with Crippen molar-refractivity contribution in [2.24, 2.45) is 0 Å². The molecule has 3 heteroatoms. The van der Waals surface area contributed by atoms with Crippen molar-refractivity contribution in [2.45, 2.75) is 6.92 Å². The number of methoxy groups -OCH3 is 1. The molecule has 0 saturated carbocycles. The standard InChI is InChI=1S/C17H16N2O/c1-11-7-9-12(10-8-11)15-16(20-2)13-5-3-4-6-14(13)17(18)19-15/h3-10H,1-2H3,(H2,18,19). The highest BCUT2D eigenvalue weighted by Gasteiger charge is 2.14. The predicted molar refractivity (Wildman–Crippen MR) is 82.9 cm³/mol. The summed E-state index contributed by atoms with van der Waals surface area (Å²) >= 11 is 0. The van der Waals surface area contributed by atoms with E-state index in [-0.39, 0.29) is 0 Å². The monoisotopic (exact) mass is 264 g/mol. The van der Waals surface area contributed by atoms with Gasteiger partial charge in [0.1, 0.15) is 11.5 Å². The summed E-state index contributed by atoms with van der Waals surface area (Å²) in [6.45, 7) is 2.06. The Kier molecular flexibility index (Phi) is 3.03. The van der Waals surface area contributed by atoms with Gasteiger partial charge in [0.25, 0.3) is 0 Å². The largest absolute Gasteiger partial charge is 0.494 e. The van der Waals surface area contributed by atoms with Gasteiger partial charge in [0.2, 0.25) is 0 Å². The number of aromatic nitrogens is 1. The molecular weight excluding hydrogens is 248 g/mol. The predicted octanol–water partition coefficient (Wildman–Crippen LogP) is 3.80. The van der Waals surface area contributed by atoms with Crippen LogP contribution in [0.5, 0.6) is 5.75 Å². The topological polar surface area (TPSA) is 48.1 Å². The van der Waals surface area contributed by atoms with E-state index in [2.05, 4.69) is 24.0 Å². The van der Waals surface area contributed by atoms with Gasteiger partial charge in [0, 0.05) is 16.3 Å². The molecule has 0 unspecified atom stereocenters. The van der Waals surface area contributed by atoms with Gasteiger partial charge in [-0.2, -0.15) is 0 Å². The average molecular weight is 264 g/mol. The van der Waals surface area contributed by atoms with E-state index >= 15 is 0 Å². The minimum atomic E-state index is 0.525. The van der Waals surface area contributed by atoms with Crippen LogP contribution in [0.15, 0.2) is 48.5 Å². The van der Waals surface area contributed by atoms with Crippen molar-refractivity contribution < 1.29 is 4.74 Å². The molecule has 2 N–H and O–H groups in total. The van der Waals surface area contributed by atoms with E-state index in [1.165, 1.54) is 5.56 Å². The van der Waals surface area contributed by atoms with Gasteiger partial charge < -0.3 is 10.5 Å². The molecule has 20 heavy (non-hydrogen) atoms. The lowest BCUT2D eigenvalue weighted by molar-refractivity contribution is 0.420. The quantitative estimate of drug-likeness (QED) is 0.765. The molecule has 100 valence electrons. The van der Waals surface area contributed by atoms with Crippen LogP contribution in [0, 0.1) is 6.92 Å². The summed E-state index contributed by atoms with van der Waals surface area (Å²) in [5.74, 6) is 1.29. The van der Waals surface area contributed by atoms with Crippen LogP contribution in [-0.2, 0) is 0 Å². The van der Waals surface area contributed by atoms with Crippen LogP contribution in [0.3, 0.4) is 0 Å². The molecule has 0 aliphatic rings. The van der Waals surface area contributed by atoms with Crippen molar-refractivity contribution in [3.63, 3.8) is 0 Å². The molecule has 0 aliphatic heterocycles. The Balaban J connectivity index is 2.33. The number of rotatable bonds is 2. The van der Waals surface area contributed by atoms with Gasteiger partial charge in [-0.1, -0.05) is 54.1 Å². The molecule has 0 atom stereocenters.